The molecular weight excluding hydrogens is 484 g/mol. The minimum atomic E-state index is -0.771. The molecule has 0 bridgehead atoms. The summed E-state index contributed by atoms with van der Waals surface area (Å²) in [5.74, 6) is -0.776. The Labute approximate surface area is 200 Å². The lowest BCUT2D eigenvalue weighted by molar-refractivity contribution is -0.122. The van der Waals surface area contributed by atoms with Gasteiger partial charge in [0.1, 0.15) is 17.9 Å². The van der Waals surface area contributed by atoms with E-state index in [9.17, 15) is 14.4 Å². The zero-order valence-corrected chi connectivity index (χ0v) is 19.7. The van der Waals surface area contributed by atoms with E-state index in [1.165, 1.54) is 6.08 Å². The summed E-state index contributed by atoms with van der Waals surface area (Å²) in [4.78, 5) is 38.7. The highest BCUT2D eigenvalue weighted by Crippen LogP contribution is 2.29. The van der Waals surface area contributed by atoms with Crippen molar-refractivity contribution in [2.75, 3.05) is 4.90 Å². The third-order valence-electron chi connectivity index (χ3n) is 5.14. The molecule has 7 heteroatoms. The van der Waals surface area contributed by atoms with Crippen LogP contribution in [-0.2, 0) is 16.2 Å². The number of ether oxygens (including phenoxy) is 1. The molecule has 1 aliphatic heterocycles. The van der Waals surface area contributed by atoms with E-state index in [2.05, 4.69) is 27.3 Å². The van der Waals surface area contributed by atoms with Crippen LogP contribution < -0.4 is 15.0 Å². The number of hydrogen-bond acceptors (Lipinski definition) is 4. The minimum Gasteiger partial charge on any atom is -0.488 e. The second-order valence-corrected chi connectivity index (χ2v) is 8.62. The molecule has 0 aromatic heterocycles. The Morgan fingerprint density at radius 3 is 2.39 bits per heavy atom. The highest BCUT2D eigenvalue weighted by atomic mass is 79.9. The van der Waals surface area contributed by atoms with Crippen LogP contribution in [0.25, 0.3) is 6.08 Å². The van der Waals surface area contributed by atoms with Crippen LogP contribution in [0.5, 0.6) is 5.75 Å². The molecule has 0 aliphatic carbocycles. The second kappa shape index (κ2) is 9.42. The highest BCUT2D eigenvalue weighted by Gasteiger charge is 2.36. The Morgan fingerprint density at radius 2 is 1.70 bits per heavy atom. The van der Waals surface area contributed by atoms with Crippen LogP contribution in [0.15, 0.2) is 76.8 Å². The zero-order chi connectivity index (χ0) is 23.5. The molecule has 1 N–H and O–H groups in total. The lowest BCUT2D eigenvalue weighted by atomic mass is 10.1. The number of anilines is 1. The smallest absolute Gasteiger partial charge is 0.335 e. The molecule has 1 saturated heterocycles. The summed E-state index contributed by atoms with van der Waals surface area (Å²) in [5.41, 5.74) is 4.08. The first-order valence-corrected chi connectivity index (χ1v) is 11.1. The molecule has 1 aliphatic rings. The van der Waals surface area contributed by atoms with Gasteiger partial charge in [0.25, 0.3) is 11.8 Å². The monoisotopic (exact) mass is 504 g/mol. The van der Waals surface area contributed by atoms with Crippen molar-refractivity contribution < 1.29 is 19.1 Å². The van der Waals surface area contributed by atoms with E-state index in [0.717, 1.165) is 21.6 Å². The van der Waals surface area contributed by atoms with E-state index in [0.29, 0.717) is 28.1 Å². The second-order valence-electron chi connectivity index (χ2n) is 7.76. The fraction of sp³-hybridized carbons (Fsp3) is 0.115. The van der Waals surface area contributed by atoms with Gasteiger partial charge in [-0.15, -0.1) is 0 Å². The van der Waals surface area contributed by atoms with Crippen molar-refractivity contribution in [2.45, 2.75) is 20.5 Å². The van der Waals surface area contributed by atoms with Crippen LogP contribution >= 0.6 is 15.9 Å². The summed E-state index contributed by atoms with van der Waals surface area (Å²) < 4.78 is 6.58. The van der Waals surface area contributed by atoms with Gasteiger partial charge in [-0.1, -0.05) is 53.6 Å². The lowest BCUT2D eigenvalue weighted by Crippen LogP contribution is -2.54. The van der Waals surface area contributed by atoms with Gasteiger partial charge in [-0.2, -0.15) is 0 Å². The number of nitrogens with one attached hydrogen (secondary N) is 1. The molecule has 3 aromatic carbocycles. The van der Waals surface area contributed by atoms with Crippen molar-refractivity contribution in [3.8, 4) is 5.75 Å². The number of benzene rings is 3. The van der Waals surface area contributed by atoms with Crippen molar-refractivity contribution in [2.24, 2.45) is 0 Å². The van der Waals surface area contributed by atoms with Gasteiger partial charge in [0.2, 0.25) is 0 Å². The molecule has 0 saturated carbocycles. The van der Waals surface area contributed by atoms with Gasteiger partial charge < -0.3 is 4.74 Å². The van der Waals surface area contributed by atoms with E-state index >= 15 is 0 Å². The molecule has 0 spiro atoms. The third kappa shape index (κ3) is 5.04. The summed E-state index contributed by atoms with van der Waals surface area (Å²) in [5, 5.41) is 2.23. The largest absolute Gasteiger partial charge is 0.488 e. The average Bonchev–Trinajstić information content (AvgIpc) is 2.77. The van der Waals surface area contributed by atoms with E-state index in [4.69, 9.17) is 4.74 Å². The van der Waals surface area contributed by atoms with Crippen LogP contribution in [0, 0.1) is 13.8 Å². The van der Waals surface area contributed by atoms with Crippen molar-refractivity contribution in [1.82, 2.24) is 5.32 Å². The van der Waals surface area contributed by atoms with Gasteiger partial charge in [0.15, 0.2) is 0 Å². The topological polar surface area (TPSA) is 75.7 Å². The summed E-state index contributed by atoms with van der Waals surface area (Å²) in [6.45, 7) is 4.34. The summed E-state index contributed by atoms with van der Waals surface area (Å²) >= 11 is 3.49. The molecular formula is C26H21BrN2O4. The molecule has 0 radical (unpaired) electrons. The van der Waals surface area contributed by atoms with Crippen LogP contribution in [0.2, 0.25) is 0 Å². The van der Waals surface area contributed by atoms with E-state index in [1.54, 1.807) is 42.5 Å². The van der Waals surface area contributed by atoms with Crippen LogP contribution in [0.3, 0.4) is 0 Å². The van der Waals surface area contributed by atoms with Crippen LogP contribution in [0.4, 0.5) is 10.5 Å². The molecule has 0 atom stereocenters. The predicted molar refractivity (Wildman–Crippen MR) is 130 cm³/mol. The first-order valence-electron chi connectivity index (χ1n) is 10.3. The standard InChI is InChI=1S/C26H21BrN2O4/c1-16-6-9-20(10-7-16)29-25(31)21(24(30)28-26(29)32)13-18-8-11-23(22(27)14-18)33-15-19-5-3-4-17(2)12-19/h3-14H,15H2,1-2H3,(H,28,30,32)/b21-13+. The van der Waals surface area contributed by atoms with Crippen molar-refractivity contribution in [3.63, 3.8) is 0 Å². The molecule has 0 unspecified atom stereocenters. The van der Waals surface area contributed by atoms with Gasteiger partial charge >= 0.3 is 6.03 Å². The number of urea groups is 1. The first kappa shape index (κ1) is 22.5. The van der Waals surface area contributed by atoms with Crippen LogP contribution in [-0.4, -0.2) is 17.8 Å². The lowest BCUT2D eigenvalue weighted by Gasteiger charge is -2.26. The number of aryl methyl sites for hydroxylation is 2. The number of hydrogen-bond donors (Lipinski definition) is 1. The number of imide groups is 2. The maximum Gasteiger partial charge on any atom is 0.335 e. The molecule has 166 valence electrons. The summed E-state index contributed by atoms with van der Waals surface area (Å²) in [6, 6.07) is 19.5. The number of amides is 4. The third-order valence-corrected chi connectivity index (χ3v) is 5.76. The number of carbonyl (C=O) groups is 3. The Balaban J connectivity index is 1.56. The normalized spacial score (nSPS) is 15.1. The molecule has 6 nitrogen and oxygen atoms in total. The minimum absolute atomic E-state index is 0.129. The molecule has 4 rings (SSSR count). The Morgan fingerprint density at radius 1 is 0.939 bits per heavy atom. The fourth-order valence-corrected chi connectivity index (χ4v) is 3.95. The average molecular weight is 505 g/mol. The summed E-state index contributed by atoms with van der Waals surface area (Å²) in [7, 11) is 0. The first-order chi connectivity index (χ1) is 15.8. The molecule has 4 amide bonds. The maximum atomic E-state index is 13.0. The van der Waals surface area contributed by atoms with Crippen molar-refractivity contribution in [3.05, 3.63) is 99.0 Å². The molecule has 1 heterocycles. The van der Waals surface area contributed by atoms with Crippen molar-refractivity contribution in [1.29, 1.82) is 0 Å². The van der Waals surface area contributed by atoms with Crippen LogP contribution in [0.1, 0.15) is 22.3 Å². The number of rotatable bonds is 5. The highest BCUT2D eigenvalue weighted by molar-refractivity contribution is 9.10. The molecule has 33 heavy (non-hydrogen) atoms. The number of nitrogens with zero attached hydrogens (tertiary/aromatic N) is 1. The Kier molecular flexibility index (Phi) is 6.42. The number of barbiturate groups is 1. The number of halogens is 1. The van der Waals surface area contributed by atoms with Gasteiger partial charge in [0.05, 0.1) is 10.2 Å². The Bertz CT molecular complexity index is 1280. The maximum absolute atomic E-state index is 13.0. The van der Waals surface area contributed by atoms with Gasteiger partial charge in [0, 0.05) is 0 Å². The number of carbonyl (C=O) groups excluding carboxylic acids is 3. The SMILES string of the molecule is Cc1ccc(N2C(=O)NC(=O)/C(=C\c3ccc(OCc4cccc(C)c4)c(Br)c3)C2=O)cc1. The van der Waals surface area contributed by atoms with Gasteiger partial charge in [-0.05, 0) is 71.2 Å². The van der Waals surface area contributed by atoms with Gasteiger partial charge in [-0.25, -0.2) is 9.69 Å². The van der Waals surface area contributed by atoms with E-state index in [-0.39, 0.29) is 5.57 Å². The van der Waals surface area contributed by atoms with E-state index < -0.39 is 17.8 Å². The molecule has 3 aromatic rings. The summed E-state index contributed by atoms with van der Waals surface area (Å²) in [6.07, 6.45) is 1.46. The predicted octanol–water partition coefficient (Wildman–Crippen LogP) is 5.31. The van der Waals surface area contributed by atoms with E-state index in [1.807, 2.05) is 32.0 Å². The Hall–Kier alpha value is -3.71. The van der Waals surface area contributed by atoms with Gasteiger partial charge in [-0.3, -0.25) is 14.9 Å². The molecule has 1 fully saturated rings. The quantitative estimate of drug-likeness (QED) is 0.377. The van der Waals surface area contributed by atoms with Crippen molar-refractivity contribution >= 4 is 45.5 Å². The zero-order valence-electron chi connectivity index (χ0n) is 18.1. The fourth-order valence-electron chi connectivity index (χ4n) is 3.44.